The number of para-hydroxylation sites is 1. The lowest BCUT2D eigenvalue weighted by molar-refractivity contribution is -0.385. The number of ether oxygens (including phenoxy) is 1. The van der Waals surface area contributed by atoms with Crippen molar-refractivity contribution in [3.63, 3.8) is 0 Å². The van der Waals surface area contributed by atoms with Crippen molar-refractivity contribution in [1.29, 1.82) is 5.26 Å². The zero-order valence-electron chi connectivity index (χ0n) is 14.7. The van der Waals surface area contributed by atoms with Crippen LogP contribution in [0.2, 0.25) is 0 Å². The van der Waals surface area contributed by atoms with E-state index in [9.17, 15) is 29.8 Å². The van der Waals surface area contributed by atoms with Crippen LogP contribution in [0.3, 0.4) is 0 Å². The fourth-order valence-corrected chi connectivity index (χ4v) is 3.61. The molecule has 1 aromatic rings. The van der Waals surface area contributed by atoms with Gasteiger partial charge < -0.3 is 15.8 Å². The second-order valence-corrected chi connectivity index (χ2v) is 6.61. The highest BCUT2D eigenvalue weighted by molar-refractivity contribution is 8.03. The predicted octanol–water partition coefficient (Wildman–Crippen LogP) is 0.941. The van der Waals surface area contributed by atoms with E-state index in [-0.39, 0.29) is 34.2 Å². The van der Waals surface area contributed by atoms with Crippen LogP contribution in [0.5, 0.6) is 0 Å². The lowest BCUT2D eigenvalue weighted by Crippen LogP contribution is -2.44. The van der Waals surface area contributed by atoms with Gasteiger partial charge in [-0.2, -0.15) is 5.26 Å². The third-order valence-corrected chi connectivity index (χ3v) is 4.94. The highest BCUT2D eigenvalue weighted by atomic mass is 32.2. The average molecular weight is 404 g/mol. The second kappa shape index (κ2) is 9.01. The molecule has 0 aromatic heterocycles. The summed E-state index contributed by atoms with van der Waals surface area (Å²) in [6.45, 7) is 1.54. The van der Waals surface area contributed by atoms with E-state index in [4.69, 9.17) is 10.5 Å². The number of nitrogens with two attached hydrogens (primary N) is 1. The number of hydrogen-bond donors (Lipinski definition) is 2. The van der Waals surface area contributed by atoms with Crippen LogP contribution in [0, 0.1) is 27.4 Å². The molecule has 0 aliphatic carbocycles. The maximum Gasteiger partial charge on any atom is 0.319 e. The van der Waals surface area contributed by atoms with Crippen LogP contribution in [0.1, 0.15) is 18.4 Å². The molecular weight excluding hydrogens is 388 g/mol. The summed E-state index contributed by atoms with van der Waals surface area (Å²) in [4.78, 5) is 47.0. The number of rotatable bonds is 7. The number of thioether (sulfide) groups is 1. The Morgan fingerprint density at radius 1 is 1.43 bits per heavy atom. The number of nitro groups is 1. The van der Waals surface area contributed by atoms with Gasteiger partial charge in [0.05, 0.1) is 39.9 Å². The number of amides is 2. The Kier molecular flexibility index (Phi) is 6.73. The summed E-state index contributed by atoms with van der Waals surface area (Å²) in [7, 11) is 0. The van der Waals surface area contributed by atoms with Crippen LogP contribution < -0.4 is 11.1 Å². The summed E-state index contributed by atoms with van der Waals surface area (Å²) in [5.74, 6) is -5.33. The Morgan fingerprint density at radius 2 is 2.11 bits per heavy atom. The van der Waals surface area contributed by atoms with E-state index >= 15 is 0 Å². The molecule has 0 fully saturated rings. The molecule has 10 nitrogen and oxygen atoms in total. The third kappa shape index (κ3) is 4.29. The van der Waals surface area contributed by atoms with Gasteiger partial charge in [-0.15, -0.1) is 0 Å². The average Bonchev–Trinajstić information content (AvgIpc) is 2.65. The van der Waals surface area contributed by atoms with Crippen LogP contribution in [0.25, 0.3) is 0 Å². The lowest BCUT2D eigenvalue weighted by atomic mass is 9.78. The number of allylic oxidation sites excluding steroid dienone is 1. The second-order valence-electron chi connectivity index (χ2n) is 5.62. The van der Waals surface area contributed by atoms with Crippen LogP contribution in [-0.4, -0.2) is 35.1 Å². The topological polar surface area (TPSA) is 165 Å². The molecular formula is C17H16N4O6S. The molecule has 0 spiro atoms. The summed E-state index contributed by atoms with van der Waals surface area (Å²) in [5.41, 5.74) is 4.71. The molecule has 1 aliphatic heterocycles. The highest BCUT2D eigenvalue weighted by Gasteiger charge is 2.46. The number of primary amides is 1. The van der Waals surface area contributed by atoms with E-state index in [1.54, 1.807) is 6.92 Å². The Balaban J connectivity index is 2.69. The number of carbonyl (C=O) groups is 3. The van der Waals surface area contributed by atoms with E-state index in [0.717, 1.165) is 11.8 Å². The van der Waals surface area contributed by atoms with Gasteiger partial charge in [0.25, 0.3) is 5.69 Å². The maximum absolute atomic E-state index is 12.6. The summed E-state index contributed by atoms with van der Waals surface area (Å²) < 4.78 is 4.95. The van der Waals surface area contributed by atoms with E-state index in [0.29, 0.717) is 0 Å². The van der Waals surface area contributed by atoms with Crippen molar-refractivity contribution >= 4 is 35.2 Å². The minimum atomic E-state index is -1.49. The van der Waals surface area contributed by atoms with Crippen molar-refractivity contribution in [2.24, 2.45) is 11.7 Å². The lowest BCUT2D eigenvalue weighted by Gasteiger charge is -2.30. The molecule has 0 radical (unpaired) electrons. The Labute approximate surface area is 163 Å². The van der Waals surface area contributed by atoms with Gasteiger partial charge in [-0.25, -0.2) is 0 Å². The first-order valence-corrected chi connectivity index (χ1v) is 9.06. The molecule has 146 valence electrons. The minimum absolute atomic E-state index is 0.0128. The van der Waals surface area contributed by atoms with Crippen LogP contribution in [0.4, 0.5) is 5.69 Å². The Bertz CT molecular complexity index is 907. The smallest absolute Gasteiger partial charge is 0.319 e. The molecule has 2 atom stereocenters. The van der Waals surface area contributed by atoms with Gasteiger partial charge in [0, 0.05) is 11.6 Å². The molecule has 1 heterocycles. The van der Waals surface area contributed by atoms with E-state index < -0.39 is 34.5 Å². The Hall–Kier alpha value is -3.39. The number of nitriles is 1. The largest absolute Gasteiger partial charge is 0.465 e. The number of benzene rings is 1. The van der Waals surface area contributed by atoms with Crippen molar-refractivity contribution in [1.82, 2.24) is 5.32 Å². The summed E-state index contributed by atoms with van der Waals surface area (Å²) in [6.07, 6.45) is 0. The van der Waals surface area contributed by atoms with Crippen molar-refractivity contribution in [2.75, 3.05) is 12.4 Å². The summed E-state index contributed by atoms with van der Waals surface area (Å²) in [6, 6.07) is 7.43. The molecule has 0 saturated heterocycles. The fourth-order valence-electron chi connectivity index (χ4n) is 2.82. The van der Waals surface area contributed by atoms with Crippen LogP contribution in [0.15, 0.2) is 34.9 Å². The van der Waals surface area contributed by atoms with Gasteiger partial charge in [0.1, 0.15) is 5.92 Å². The summed E-state index contributed by atoms with van der Waals surface area (Å²) >= 11 is 0.810. The number of nitrogens with zero attached hydrogens (tertiary/aromatic N) is 2. The van der Waals surface area contributed by atoms with Gasteiger partial charge in [-0.05, 0) is 6.92 Å². The van der Waals surface area contributed by atoms with Gasteiger partial charge in [0.2, 0.25) is 11.8 Å². The first kappa shape index (κ1) is 20.9. The quantitative estimate of drug-likeness (QED) is 0.293. The zero-order chi connectivity index (χ0) is 20.8. The van der Waals surface area contributed by atoms with E-state index in [2.05, 4.69) is 5.32 Å². The van der Waals surface area contributed by atoms with Crippen molar-refractivity contribution in [2.45, 2.75) is 12.8 Å². The molecule has 11 heteroatoms. The molecule has 1 aromatic carbocycles. The normalized spacial score (nSPS) is 18.8. The fraction of sp³-hybridized carbons (Fsp3) is 0.294. The maximum atomic E-state index is 12.6. The number of hydrogen-bond acceptors (Lipinski definition) is 8. The van der Waals surface area contributed by atoms with Gasteiger partial charge >= 0.3 is 5.97 Å². The van der Waals surface area contributed by atoms with Crippen molar-refractivity contribution < 1.29 is 24.0 Å². The highest BCUT2D eigenvalue weighted by Crippen LogP contribution is 2.43. The van der Waals surface area contributed by atoms with Crippen LogP contribution in [-0.2, 0) is 19.1 Å². The molecule has 0 bridgehead atoms. The molecule has 2 rings (SSSR count). The number of carbonyl (C=O) groups excluding carboxylic acids is 3. The zero-order valence-corrected chi connectivity index (χ0v) is 15.5. The third-order valence-electron chi connectivity index (χ3n) is 3.90. The van der Waals surface area contributed by atoms with Crippen LogP contribution >= 0.6 is 11.8 Å². The molecule has 0 unspecified atom stereocenters. The monoisotopic (exact) mass is 404 g/mol. The van der Waals surface area contributed by atoms with Gasteiger partial charge in [-0.3, -0.25) is 24.5 Å². The molecule has 3 N–H and O–H groups in total. The predicted molar refractivity (Wildman–Crippen MR) is 98.4 cm³/mol. The van der Waals surface area contributed by atoms with Crippen molar-refractivity contribution in [3.05, 3.63) is 50.5 Å². The number of nitrogens with one attached hydrogen (secondary N) is 1. The molecule has 1 aliphatic rings. The van der Waals surface area contributed by atoms with Crippen molar-refractivity contribution in [3.8, 4) is 6.07 Å². The summed E-state index contributed by atoms with van der Waals surface area (Å²) in [5, 5.41) is 23.6. The number of nitro benzene ring substituents is 1. The standard InChI is InChI=1S/C17H16N4O6S/c1-2-27-17(24)14-13(9-5-3-4-6-11(9)21(25)26)10(7-18)16(20-15(14)23)28-8-12(19)22/h3-6,13-14H,2,8H2,1H3,(H2,19,22)(H,20,23)/t13-,14+/m1/s1. The molecule has 0 saturated carbocycles. The van der Waals surface area contributed by atoms with E-state index in [1.165, 1.54) is 24.3 Å². The number of esters is 1. The SMILES string of the molecule is CCOC(=O)[C@@H]1C(=O)NC(SCC(N)=O)=C(C#N)[C@H]1c1ccccc1[N+](=O)[O-]. The van der Waals surface area contributed by atoms with Gasteiger partial charge in [-0.1, -0.05) is 30.0 Å². The van der Waals surface area contributed by atoms with Gasteiger partial charge in [0.15, 0.2) is 0 Å². The van der Waals surface area contributed by atoms with E-state index in [1.807, 2.05) is 6.07 Å². The first-order chi connectivity index (χ1) is 13.3. The minimum Gasteiger partial charge on any atom is -0.465 e. The Morgan fingerprint density at radius 3 is 2.68 bits per heavy atom. The first-order valence-electron chi connectivity index (χ1n) is 8.08. The molecule has 2 amide bonds. The molecule has 28 heavy (non-hydrogen) atoms.